The van der Waals surface area contributed by atoms with Gasteiger partial charge in [0.2, 0.25) is 0 Å². The van der Waals surface area contributed by atoms with Crippen molar-refractivity contribution in [3.63, 3.8) is 0 Å². The van der Waals surface area contributed by atoms with Crippen molar-refractivity contribution in [3.05, 3.63) is 0 Å². The molecule has 12 heavy (non-hydrogen) atoms. The fourth-order valence-corrected chi connectivity index (χ4v) is 2.07. The Balaban J connectivity index is 2.60. The molecule has 1 fully saturated rings. The maximum atomic E-state index is 9.92. The molecule has 0 heterocycles. The van der Waals surface area contributed by atoms with Crippen molar-refractivity contribution in [2.24, 2.45) is 11.7 Å². The summed E-state index contributed by atoms with van der Waals surface area (Å²) in [6.45, 7) is 2.12. The van der Waals surface area contributed by atoms with Crippen LogP contribution in [0.4, 0.5) is 0 Å². The minimum Gasteiger partial charge on any atom is -0.388 e. The number of aliphatic hydroxyl groups is 1. The lowest BCUT2D eigenvalue weighted by Gasteiger charge is -2.32. The van der Waals surface area contributed by atoms with E-state index in [4.69, 9.17) is 10.5 Å². The predicted molar refractivity (Wildman–Crippen MR) is 47.8 cm³/mol. The Labute approximate surface area is 73.9 Å². The Kier molecular flexibility index (Phi) is 3.09. The van der Waals surface area contributed by atoms with Crippen LogP contribution in [-0.2, 0) is 4.74 Å². The van der Waals surface area contributed by atoms with E-state index in [9.17, 15) is 5.11 Å². The van der Waals surface area contributed by atoms with Crippen molar-refractivity contribution in [1.29, 1.82) is 0 Å². The molecule has 3 heteroatoms. The highest BCUT2D eigenvalue weighted by molar-refractivity contribution is 4.92. The second-order valence-electron chi connectivity index (χ2n) is 3.87. The number of nitrogens with two attached hydrogens (primary N) is 1. The van der Waals surface area contributed by atoms with E-state index in [1.54, 1.807) is 14.0 Å². The standard InChI is InChI=1S/C9H19NO2/c1-9(11,6-10)7-4-3-5-8(7)12-2/h7-8,11H,3-6,10H2,1-2H3. The molecule has 0 bridgehead atoms. The zero-order valence-electron chi connectivity index (χ0n) is 7.92. The van der Waals surface area contributed by atoms with Gasteiger partial charge in [-0.05, 0) is 19.8 Å². The Morgan fingerprint density at radius 1 is 1.58 bits per heavy atom. The maximum Gasteiger partial charge on any atom is 0.0794 e. The van der Waals surface area contributed by atoms with E-state index in [-0.39, 0.29) is 12.0 Å². The lowest BCUT2D eigenvalue weighted by Crippen LogP contribution is -2.45. The lowest BCUT2D eigenvalue weighted by atomic mass is 9.86. The zero-order chi connectivity index (χ0) is 9.19. The SMILES string of the molecule is COC1CCCC1C(C)(O)CN. The molecule has 0 aromatic heterocycles. The molecule has 3 nitrogen and oxygen atoms in total. The van der Waals surface area contributed by atoms with E-state index in [1.165, 1.54) is 0 Å². The van der Waals surface area contributed by atoms with Crippen molar-refractivity contribution in [2.75, 3.05) is 13.7 Å². The second kappa shape index (κ2) is 3.73. The summed E-state index contributed by atoms with van der Waals surface area (Å²) in [5.74, 6) is 0.215. The van der Waals surface area contributed by atoms with E-state index >= 15 is 0 Å². The van der Waals surface area contributed by atoms with Crippen LogP contribution in [0.5, 0.6) is 0 Å². The van der Waals surface area contributed by atoms with Crippen LogP contribution in [0.25, 0.3) is 0 Å². The van der Waals surface area contributed by atoms with Gasteiger partial charge in [-0.3, -0.25) is 0 Å². The summed E-state index contributed by atoms with van der Waals surface area (Å²) in [4.78, 5) is 0. The second-order valence-corrected chi connectivity index (χ2v) is 3.87. The number of rotatable bonds is 3. The summed E-state index contributed by atoms with van der Waals surface area (Å²) < 4.78 is 5.30. The third-order valence-corrected chi connectivity index (χ3v) is 2.97. The van der Waals surface area contributed by atoms with Gasteiger partial charge in [0.05, 0.1) is 11.7 Å². The molecule has 3 atom stereocenters. The Morgan fingerprint density at radius 3 is 2.75 bits per heavy atom. The first kappa shape index (κ1) is 9.96. The molecule has 72 valence electrons. The Morgan fingerprint density at radius 2 is 2.25 bits per heavy atom. The molecule has 1 aliphatic carbocycles. The van der Waals surface area contributed by atoms with Crippen molar-refractivity contribution in [1.82, 2.24) is 0 Å². The summed E-state index contributed by atoms with van der Waals surface area (Å²) in [5.41, 5.74) is 4.74. The van der Waals surface area contributed by atoms with Gasteiger partial charge >= 0.3 is 0 Å². The summed E-state index contributed by atoms with van der Waals surface area (Å²) in [7, 11) is 1.70. The first-order valence-electron chi connectivity index (χ1n) is 4.57. The topological polar surface area (TPSA) is 55.5 Å². The first-order valence-corrected chi connectivity index (χ1v) is 4.57. The minimum absolute atomic E-state index is 0.198. The molecule has 0 spiro atoms. The molecule has 0 aliphatic heterocycles. The van der Waals surface area contributed by atoms with E-state index in [0.717, 1.165) is 19.3 Å². The molecule has 0 saturated heterocycles. The zero-order valence-corrected chi connectivity index (χ0v) is 7.92. The van der Waals surface area contributed by atoms with Gasteiger partial charge < -0.3 is 15.6 Å². The van der Waals surface area contributed by atoms with Crippen molar-refractivity contribution >= 4 is 0 Å². The lowest BCUT2D eigenvalue weighted by molar-refractivity contribution is -0.0527. The molecule has 1 aliphatic rings. The highest BCUT2D eigenvalue weighted by Gasteiger charge is 2.39. The molecule has 3 unspecified atom stereocenters. The predicted octanol–water partition coefficient (Wildman–Crippen LogP) is 0.511. The molecule has 3 N–H and O–H groups in total. The number of ether oxygens (including phenoxy) is 1. The van der Waals surface area contributed by atoms with Gasteiger partial charge in [0, 0.05) is 19.6 Å². The van der Waals surface area contributed by atoms with Gasteiger partial charge in [0.15, 0.2) is 0 Å². The minimum atomic E-state index is -0.753. The van der Waals surface area contributed by atoms with Gasteiger partial charge in [-0.2, -0.15) is 0 Å². The van der Waals surface area contributed by atoms with Crippen LogP contribution >= 0.6 is 0 Å². The molecular weight excluding hydrogens is 154 g/mol. The van der Waals surface area contributed by atoms with Crippen molar-refractivity contribution < 1.29 is 9.84 Å². The molecular formula is C9H19NO2. The van der Waals surface area contributed by atoms with E-state index in [0.29, 0.717) is 6.54 Å². The first-order chi connectivity index (χ1) is 5.61. The smallest absolute Gasteiger partial charge is 0.0794 e. The van der Waals surface area contributed by atoms with Crippen LogP contribution in [0.3, 0.4) is 0 Å². The number of methoxy groups -OCH3 is 1. The van der Waals surface area contributed by atoms with Crippen LogP contribution in [0.1, 0.15) is 26.2 Å². The fraction of sp³-hybridized carbons (Fsp3) is 1.00. The van der Waals surface area contributed by atoms with Crippen LogP contribution in [-0.4, -0.2) is 30.5 Å². The number of hydrogen-bond donors (Lipinski definition) is 2. The van der Waals surface area contributed by atoms with Crippen LogP contribution in [0.2, 0.25) is 0 Å². The molecule has 1 saturated carbocycles. The Hall–Kier alpha value is -0.120. The van der Waals surface area contributed by atoms with Gasteiger partial charge in [-0.1, -0.05) is 6.42 Å². The maximum absolute atomic E-state index is 9.92. The van der Waals surface area contributed by atoms with E-state index in [2.05, 4.69) is 0 Å². The van der Waals surface area contributed by atoms with Crippen molar-refractivity contribution in [2.45, 2.75) is 37.9 Å². The average molecular weight is 173 g/mol. The van der Waals surface area contributed by atoms with Crippen LogP contribution < -0.4 is 5.73 Å². The summed E-state index contributed by atoms with van der Waals surface area (Å²) in [6.07, 6.45) is 3.42. The molecule has 1 rings (SSSR count). The molecule has 0 radical (unpaired) electrons. The highest BCUT2D eigenvalue weighted by atomic mass is 16.5. The van der Waals surface area contributed by atoms with Gasteiger partial charge in [-0.25, -0.2) is 0 Å². The third kappa shape index (κ3) is 1.79. The monoisotopic (exact) mass is 173 g/mol. The summed E-state index contributed by atoms with van der Waals surface area (Å²) >= 11 is 0. The van der Waals surface area contributed by atoms with Crippen molar-refractivity contribution in [3.8, 4) is 0 Å². The van der Waals surface area contributed by atoms with Crippen LogP contribution in [0.15, 0.2) is 0 Å². The fourth-order valence-electron chi connectivity index (χ4n) is 2.07. The molecule has 0 aromatic rings. The third-order valence-electron chi connectivity index (χ3n) is 2.97. The Bertz CT molecular complexity index is 147. The average Bonchev–Trinajstić information content (AvgIpc) is 2.52. The summed E-state index contributed by atoms with van der Waals surface area (Å²) in [5, 5.41) is 9.92. The molecule has 0 amide bonds. The molecule has 0 aromatic carbocycles. The van der Waals surface area contributed by atoms with E-state index < -0.39 is 5.60 Å². The highest BCUT2D eigenvalue weighted by Crippen LogP contribution is 2.35. The normalized spacial score (nSPS) is 35.0. The van der Waals surface area contributed by atoms with Gasteiger partial charge in [-0.15, -0.1) is 0 Å². The summed E-state index contributed by atoms with van der Waals surface area (Å²) in [6, 6.07) is 0. The van der Waals surface area contributed by atoms with E-state index in [1.807, 2.05) is 0 Å². The largest absolute Gasteiger partial charge is 0.388 e. The van der Waals surface area contributed by atoms with Gasteiger partial charge in [0.25, 0.3) is 0 Å². The van der Waals surface area contributed by atoms with Gasteiger partial charge in [0.1, 0.15) is 0 Å². The van der Waals surface area contributed by atoms with Crippen LogP contribution in [0, 0.1) is 5.92 Å². The number of hydrogen-bond acceptors (Lipinski definition) is 3. The quantitative estimate of drug-likeness (QED) is 0.654.